The lowest BCUT2D eigenvalue weighted by molar-refractivity contribution is -0.117. The molecule has 4 heteroatoms. The van der Waals surface area contributed by atoms with Gasteiger partial charge < -0.3 is 10.2 Å². The fourth-order valence-corrected chi connectivity index (χ4v) is 2.73. The third kappa shape index (κ3) is 2.86. The third-order valence-electron chi connectivity index (χ3n) is 3.79. The first-order valence-corrected chi connectivity index (χ1v) is 7.42. The van der Waals surface area contributed by atoms with Gasteiger partial charge in [-0.05, 0) is 43.2 Å². The molecule has 22 heavy (non-hydrogen) atoms. The minimum atomic E-state index is -0.194. The molecule has 0 unspecified atom stereocenters. The molecule has 4 nitrogen and oxygen atoms in total. The van der Waals surface area contributed by atoms with Gasteiger partial charge in [-0.3, -0.25) is 9.59 Å². The Kier molecular flexibility index (Phi) is 3.92. The summed E-state index contributed by atoms with van der Waals surface area (Å²) in [6, 6.07) is 14.9. The highest BCUT2D eigenvalue weighted by molar-refractivity contribution is 6.11. The van der Waals surface area contributed by atoms with Gasteiger partial charge in [0.25, 0.3) is 5.91 Å². The summed E-state index contributed by atoms with van der Waals surface area (Å²) in [4.78, 5) is 26.2. The summed E-state index contributed by atoms with van der Waals surface area (Å²) in [5, 5.41) is 2.90. The molecule has 1 N–H and O–H groups in total. The Labute approximate surface area is 129 Å². The molecule has 2 aromatic carbocycles. The molecule has 2 amide bonds. The monoisotopic (exact) mass is 294 g/mol. The van der Waals surface area contributed by atoms with Crippen molar-refractivity contribution in [3.05, 3.63) is 59.7 Å². The van der Waals surface area contributed by atoms with Crippen molar-refractivity contribution in [3.8, 4) is 0 Å². The van der Waals surface area contributed by atoms with Gasteiger partial charge in [-0.1, -0.05) is 24.3 Å². The summed E-state index contributed by atoms with van der Waals surface area (Å²) >= 11 is 0. The number of nitrogens with zero attached hydrogens (tertiary/aromatic N) is 1. The number of benzene rings is 2. The number of amides is 2. The summed E-state index contributed by atoms with van der Waals surface area (Å²) in [5.74, 6) is -0.114. The number of carbonyl (C=O) groups excluding carboxylic acids is 2. The van der Waals surface area contributed by atoms with Crippen LogP contribution in [0, 0.1) is 6.92 Å². The molecular weight excluding hydrogens is 276 g/mol. The van der Waals surface area contributed by atoms with Gasteiger partial charge in [0.05, 0.1) is 11.3 Å². The summed E-state index contributed by atoms with van der Waals surface area (Å²) in [7, 11) is 0. The molecule has 0 spiro atoms. The van der Waals surface area contributed by atoms with Crippen LogP contribution >= 0.6 is 0 Å². The highest BCUT2D eigenvalue weighted by Crippen LogP contribution is 2.26. The number of anilines is 2. The molecule has 0 aromatic heterocycles. The van der Waals surface area contributed by atoms with Gasteiger partial charge in [0.2, 0.25) is 5.91 Å². The molecule has 0 aliphatic carbocycles. The molecule has 1 heterocycles. The van der Waals surface area contributed by atoms with Crippen molar-refractivity contribution in [2.24, 2.45) is 0 Å². The average molecular weight is 294 g/mol. The summed E-state index contributed by atoms with van der Waals surface area (Å²) in [5.41, 5.74) is 3.06. The van der Waals surface area contributed by atoms with E-state index in [9.17, 15) is 9.59 Å². The first kappa shape index (κ1) is 14.3. The van der Waals surface area contributed by atoms with Crippen LogP contribution in [-0.2, 0) is 4.79 Å². The van der Waals surface area contributed by atoms with Gasteiger partial charge in [-0.15, -0.1) is 0 Å². The van der Waals surface area contributed by atoms with Gasteiger partial charge in [0.1, 0.15) is 0 Å². The second-order valence-corrected chi connectivity index (χ2v) is 5.49. The fraction of sp³-hybridized carbons (Fsp3) is 0.222. The lowest BCUT2D eigenvalue weighted by Gasteiger charge is -2.19. The molecule has 2 aromatic rings. The van der Waals surface area contributed by atoms with Gasteiger partial charge >= 0.3 is 0 Å². The third-order valence-corrected chi connectivity index (χ3v) is 3.79. The maximum atomic E-state index is 12.6. The molecule has 0 atom stereocenters. The lowest BCUT2D eigenvalue weighted by atomic mass is 10.1. The maximum absolute atomic E-state index is 12.6. The predicted octanol–water partition coefficient (Wildman–Crippen LogP) is 3.37. The van der Waals surface area contributed by atoms with E-state index < -0.39 is 0 Å². The van der Waals surface area contributed by atoms with Crippen molar-refractivity contribution < 1.29 is 9.59 Å². The van der Waals surface area contributed by atoms with Crippen molar-refractivity contribution in [2.45, 2.75) is 19.8 Å². The summed E-state index contributed by atoms with van der Waals surface area (Å²) in [6.07, 6.45) is 1.39. The van der Waals surface area contributed by atoms with Crippen LogP contribution < -0.4 is 10.2 Å². The first-order valence-electron chi connectivity index (χ1n) is 7.42. The Morgan fingerprint density at radius 2 is 1.95 bits per heavy atom. The van der Waals surface area contributed by atoms with Gasteiger partial charge in [-0.25, -0.2) is 0 Å². The molecule has 1 aliphatic rings. The van der Waals surface area contributed by atoms with Gasteiger partial charge in [-0.2, -0.15) is 0 Å². The Bertz CT molecular complexity index is 725. The van der Waals surface area contributed by atoms with E-state index in [2.05, 4.69) is 5.32 Å². The van der Waals surface area contributed by atoms with E-state index in [-0.39, 0.29) is 11.8 Å². The van der Waals surface area contributed by atoms with Gasteiger partial charge in [0.15, 0.2) is 0 Å². The molecule has 0 radical (unpaired) electrons. The van der Waals surface area contributed by atoms with E-state index >= 15 is 0 Å². The standard InChI is InChI=1S/C18H18N2O2/c1-13-6-4-7-14(12-13)19-18(22)15-8-2-3-9-16(15)20-11-5-10-17(20)21/h2-4,6-9,12H,5,10-11H2,1H3,(H,19,22). The van der Waals surface area contributed by atoms with Crippen LogP contribution in [0.3, 0.4) is 0 Å². The fourth-order valence-electron chi connectivity index (χ4n) is 2.73. The highest BCUT2D eigenvalue weighted by atomic mass is 16.2. The Morgan fingerprint density at radius 3 is 2.68 bits per heavy atom. The van der Waals surface area contributed by atoms with E-state index in [1.807, 2.05) is 49.4 Å². The molecule has 1 aliphatic heterocycles. The van der Waals surface area contributed by atoms with Crippen molar-refractivity contribution in [2.75, 3.05) is 16.8 Å². The quantitative estimate of drug-likeness (QED) is 0.943. The van der Waals surface area contributed by atoms with Crippen molar-refractivity contribution in [3.63, 3.8) is 0 Å². The van der Waals surface area contributed by atoms with Gasteiger partial charge in [0, 0.05) is 18.7 Å². The normalized spacial score (nSPS) is 14.2. The molecule has 0 saturated carbocycles. The summed E-state index contributed by atoms with van der Waals surface area (Å²) in [6.45, 7) is 2.65. The number of hydrogen-bond acceptors (Lipinski definition) is 2. The Morgan fingerprint density at radius 1 is 1.14 bits per heavy atom. The van der Waals surface area contributed by atoms with Crippen LogP contribution in [0.2, 0.25) is 0 Å². The van der Waals surface area contributed by atoms with Crippen molar-refractivity contribution >= 4 is 23.2 Å². The van der Waals surface area contributed by atoms with Crippen LogP contribution in [0.5, 0.6) is 0 Å². The summed E-state index contributed by atoms with van der Waals surface area (Å²) < 4.78 is 0. The topological polar surface area (TPSA) is 49.4 Å². The maximum Gasteiger partial charge on any atom is 0.257 e. The van der Waals surface area contributed by atoms with Crippen LogP contribution in [0.15, 0.2) is 48.5 Å². The number of carbonyl (C=O) groups is 2. The zero-order valence-electron chi connectivity index (χ0n) is 12.5. The molecule has 1 fully saturated rings. The number of nitrogens with one attached hydrogen (secondary N) is 1. The zero-order chi connectivity index (χ0) is 15.5. The number of para-hydroxylation sites is 1. The average Bonchev–Trinajstić information content (AvgIpc) is 2.93. The SMILES string of the molecule is Cc1cccc(NC(=O)c2ccccc2N2CCCC2=O)c1. The molecular formula is C18H18N2O2. The van der Waals surface area contributed by atoms with E-state index in [0.717, 1.165) is 17.7 Å². The van der Waals surface area contributed by atoms with Crippen LogP contribution in [-0.4, -0.2) is 18.4 Å². The first-order chi connectivity index (χ1) is 10.6. The highest BCUT2D eigenvalue weighted by Gasteiger charge is 2.25. The number of hydrogen-bond donors (Lipinski definition) is 1. The van der Waals surface area contributed by atoms with E-state index in [4.69, 9.17) is 0 Å². The van der Waals surface area contributed by atoms with Crippen LogP contribution in [0.4, 0.5) is 11.4 Å². The largest absolute Gasteiger partial charge is 0.322 e. The molecule has 0 bridgehead atoms. The minimum absolute atomic E-state index is 0.0794. The molecule has 3 rings (SSSR count). The smallest absolute Gasteiger partial charge is 0.257 e. The second kappa shape index (κ2) is 6.02. The van der Waals surface area contributed by atoms with E-state index in [1.54, 1.807) is 11.0 Å². The van der Waals surface area contributed by atoms with Crippen molar-refractivity contribution in [1.82, 2.24) is 0 Å². The zero-order valence-corrected chi connectivity index (χ0v) is 12.5. The van der Waals surface area contributed by atoms with E-state index in [1.165, 1.54) is 0 Å². The number of rotatable bonds is 3. The van der Waals surface area contributed by atoms with E-state index in [0.29, 0.717) is 24.2 Å². The Hall–Kier alpha value is -2.62. The Balaban J connectivity index is 1.88. The predicted molar refractivity (Wildman–Crippen MR) is 87.2 cm³/mol. The molecule has 1 saturated heterocycles. The second-order valence-electron chi connectivity index (χ2n) is 5.49. The molecule has 112 valence electrons. The van der Waals surface area contributed by atoms with Crippen LogP contribution in [0.25, 0.3) is 0 Å². The lowest BCUT2D eigenvalue weighted by Crippen LogP contribution is -2.27. The van der Waals surface area contributed by atoms with Crippen molar-refractivity contribution in [1.29, 1.82) is 0 Å². The minimum Gasteiger partial charge on any atom is -0.322 e. The van der Waals surface area contributed by atoms with Crippen LogP contribution in [0.1, 0.15) is 28.8 Å². The number of aryl methyl sites for hydroxylation is 1.